The van der Waals surface area contributed by atoms with Gasteiger partial charge in [-0.1, -0.05) is 26.2 Å². The number of Topliss-reactive ketones (excluding diaryl/α,β-unsaturated/α-hetero) is 1. The standard InChI is InChI=1S/C14H18O3/c1-2-3-4-5-8-16-11-6-7-12-13(15)10-17-14(12)9-11/h6-7,9H,2-5,8,10H2,1H3. The van der Waals surface area contributed by atoms with Crippen LogP contribution in [0.25, 0.3) is 0 Å². The van der Waals surface area contributed by atoms with E-state index in [1.807, 2.05) is 6.07 Å². The van der Waals surface area contributed by atoms with Crippen LogP contribution in [0.5, 0.6) is 11.5 Å². The van der Waals surface area contributed by atoms with Gasteiger partial charge in [-0.2, -0.15) is 0 Å². The molecule has 0 unspecified atom stereocenters. The molecule has 1 aliphatic rings. The molecule has 0 saturated carbocycles. The number of fused-ring (bicyclic) bond motifs is 1. The molecule has 0 aromatic heterocycles. The van der Waals surface area contributed by atoms with Crippen LogP contribution >= 0.6 is 0 Å². The van der Waals surface area contributed by atoms with E-state index in [0.717, 1.165) is 18.8 Å². The highest BCUT2D eigenvalue weighted by Crippen LogP contribution is 2.29. The molecule has 0 amide bonds. The molecule has 1 aromatic rings. The SMILES string of the molecule is CCCCCCOc1ccc2c(c1)OCC2=O. The molecule has 0 aliphatic carbocycles. The van der Waals surface area contributed by atoms with Crippen molar-refractivity contribution in [2.45, 2.75) is 32.6 Å². The first kappa shape index (κ1) is 12.0. The zero-order chi connectivity index (χ0) is 12.1. The Labute approximate surface area is 102 Å². The molecule has 0 spiro atoms. The summed E-state index contributed by atoms with van der Waals surface area (Å²) in [7, 11) is 0. The average Bonchev–Trinajstić information content (AvgIpc) is 2.71. The van der Waals surface area contributed by atoms with Crippen LogP contribution < -0.4 is 9.47 Å². The van der Waals surface area contributed by atoms with Gasteiger partial charge >= 0.3 is 0 Å². The summed E-state index contributed by atoms with van der Waals surface area (Å²) in [6.07, 6.45) is 4.76. The Morgan fingerprint density at radius 1 is 1.29 bits per heavy atom. The predicted molar refractivity (Wildman–Crippen MR) is 65.9 cm³/mol. The second-order valence-electron chi connectivity index (χ2n) is 4.28. The van der Waals surface area contributed by atoms with Crippen molar-refractivity contribution in [1.29, 1.82) is 0 Å². The van der Waals surface area contributed by atoms with Crippen LogP contribution in [0.15, 0.2) is 18.2 Å². The van der Waals surface area contributed by atoms with Crippen molar-refractivity contribution in [2.75, 3.05) is 13.2 Å². The Morgan fingerprint density at radius 3 is 3.00 bits per heavy atom. The van der Waals surface area contributed by atoms with Crippen LogP contribution in [-0.2, 0) is 0 Å². The second kappa shape index (κ2) is 5.71. The molecule has 0 N–H and O–H groups in total. The molecule has 0 atom stereocenters. The maximum absolute atomic E-state index is 11.3. The molecule has 92 valence electrons. The number of hydrogen-bond donors (Lipinski definition) is 0. The Morgan fingerprint density at radius 2 is 2.18 bits per heavy atom. The zero-order valence-corrected chi connectivity index (χ0v) is 10.2. The van der Waals surface area contributed by atoms with Gasteiger partial charge in [-0.3, -0.25) is 4.79 Å². The second-order valence-corrected chi connectivity index (χ2v) is 4.28. The fourth-order valence-electron chi connectivity index (χ4n) is 1.88. The van der Waals surface area contributed by atoms with E-state index < -0.39 is 0 Å². The van der Waals surface area contributed by atoms with Crippen LogP contribution in [0.4, 0.5) is 0 Å². The minimum atomic E-state index is 0.0505. The van der Waals surface area contributed by atoms with Crippen molar-refractivity contribution in [3.63, 3.8) is 0 Å². The molecule has 3 heteroatoms. The van der Waals surface area contributed by atoms with Gasteiger partial charge in [0.05, 0.1) is 12.2 Å². The first-order valence-electron chi connectivity index (χ1n) is 6.24. The molecule has 1 aliphatic heterocycles. The fraction of sp³-hybridized carbons (Fsp3) is 0.500. The molecular formula is C14H18O3. The van der Waals surface area contributed by atoms with Crippen molar-refractivity contribution in [1.82, 2.24) is 0 Å². The highest BCUT2D eigenvalue weighted by atomic mass is 16.5. The first-order valence-corrected chi connectivity index (χ1v) is 6.24. The lowest BCUT2D eigenvalue weighted by atomic mass is 10.1. The van der Waals surface area contributed by atoms with Gasteiger partial charge in [0.25, 0.3) is 0 Å². The number of rotatable bonds is 6. The van der Waals surface area contributed by atoms with Crippen LogP contribution in [0.3, 0.4) is 0 Å². The summed E-state index contributed by atoms with van der Waals surface area (Å²) in [5, 5.41) is 0. The lowest BCUT2D eigenvalue weighted by Gasteiger charge is -2.07. The quantitative estimate of drug-likeness (QED) is 0.709. The van der Waals surface area contributed by atoms with Crippen molar-refractivity contribution >= 4 is 5.78 Å². The van der Waals surface area contributed by atoms with Gasteiger partial charge in [0.2, 0.25) is 5.78 Å². The maximum atomic E-state index is 11.3. The lowest BCUT2D eigenvalue weighted by molar-refractivity contribution is 0.0961. The first-order chi connectivity index (χ1) is 8.31. The van der Waals surface area contributed by atoms with Crippen molar-refractivity contribution in [3.8, 4) is 11.5 Å². The number of carbonyl (C=O) groups is 1. The van der Waals surface area contributed by atoms with Crippen LogP contribution in [0, 0.1) is 0 Å². The predicted octanol–water partition coefficient (Wildman–Crippen LogP) is 3.22. The fourth-order valence-corrected chi connectivity index (χ4v) is 1.88. The third-order valence-electron chi connectivity index (χ3n) is 2.88. The third kappa shape index (κ3) is 2.99. The van der Waals surface area contributed by atoms with Crippen LogP contribution in [0.1, 0.15) is 43.0 Å². The molecule has 2 rings (SSSR count). The van der Waals surface area contributed by atoms with Crippen LogP contribution in [-0.4, -0.2) is 19.0 Å². The molecule has 0 fully saturated rings. The number of hydrogen-bond acceptors (Lipinski definition) is 3. The summed E-state index contributed by atoms with van der Waals surface area (Å²) < 4.78 is 10.9. The zero-order valence-electron chi connectivity index (χ0n) is 10.2. The number of unbranched alkanes of at least 4 members (excludes halogenated alkanes) is 3. The number of ketones is 1. The van der Waals surface area contributed by atoms with E-state index in [-0.39, 0.29) is 12.4 Å². The Bertz CT molecular complexity index is 398. The van der Waals surface area contributed by atoms with Gasteiger partial charge in [0.15, 0.2) is 6.61 Å². The largest absolute Gasteiger partial charge is 0.493 e. The van der Waals surface area contributed by atoms with E-state index in [2.05, 4.69) is 6.92 Å². The van der Waals surface area contributed by atoms with Crippen molar-refractivity contribution < 1.29 is 14.3 Å². The minimum absolute atomic E-state index is 0.0505. The van der Waals surface area contributed by atoms with Crippen molar-refractivity contribution in [3.05, 3.63) is 23.8 Å². The maximum Gasteiger partial charge on any atom is 0.203 e. The monoisotopic (exact) mass is 234 g/mol. The average molecular weight is 234 g/mol. The van der Waals surface area contributed by atoms with E-state index in [0.29, 0.717) is 11.3 Å². The van der Waals surface area contributed by atoms with E-state index in [1.54, 1.807) is 12.1 Å². The van der Waals surface area contributed by atoms with Gasteiger partial charge in [-0.15, -0.1) is 0 Å². The van der Waals surface area contributed by atoms with Gasteiger partial charge in [0.1, 0.15) is 11.5 Å². The molecule has 3 nitrogen and oxygen atoms in total. The van der Waals surface area contributed by atoms with E-state index in [9.17, 15) is 4.79 Å². The summed E-state index contributed by atoms with van der Waals surface area (Å²) in [6, 6.07) is 5.43. The highest BCUT2D eigenvalue weighted by Gasteiger charge is 2.21. The third-order valence-corrected chi connectivity index (χ3v) is 2.88. The molecule has 0 saturated heterocycles. The highest BCUT2D eigenvalue weighted by molar-refractivity contribution is 6.02. The van der Waals surface area contributed by atoms with Crippen molar-refractivity contribution in [2.24, 2.45) is 0 Å². The van der Waals surface area contributed by atoms with Gasteiger partial charge in [-0.25, -0.2) is 0 Å². The van der Waals surface area contributed by atoms with Gasteiger partial charge in [-0.05, 0) is 18.6 Å². The number of carbonyl (C=O) groups excluding carboxylic acids is 1. The summed E-state index contributed by atoms with van der Waals surface area (Å²) in [4.78, 5) is 11.3. The molecule has 0 bridgehead atoms. The van der Waals surface area contributed by atoms with Crippen LogP contribution in [0.2, 0.25) is 0 Å². The van der Waals surface area contributed by atoms with E-state index in [1.165, 1.54) is 19.3 Å². The molecule has 17 heavy (non-hydrogen) atoms. The smallest absolute Gasteiger partial charge is 0.203 e. The Kier molecular flexibility index (Phi) is 4.02. The van der Waals surface area contributed by atoms with Gasteiger partial charge in [0, 0.05) is 6.07 Å². The lowest BCUT2D eigenvalue weighted by Crippen LogP contribution is -1.98. The van der Waals surface area contributed by atoms with Gasteiger partial charge < -0.3 is 9.47 Å². The summed E-state index contributed by atoms with van der Waals surface area (Å²) in [5.41, 5.74) is 0.670. The minimum Gasteiger partial charge on any atom is -0.493 e. The van der Waals surface area contributed by atoms with E-state index >= 15 is 0 Å². The Hall–Kier alpha value is -1.51. The topological polar surface area (TPSA) is 35.5 Å². The summed E-state index contributed by atoms with van der Waals surface area (Å²) >= 11 is 0. The summed E-state index contributed by atoms with van der Waals surface area (Å²) in [5.74, 6) is 1.49. The summed E-state index contributed by atoms with van der Waals surface area (Å²) in [6.45, 7) is 3.08. The molecule has 0 radical (unpaired) electrons. The Balaban J connectivity index is 1.84. The molecule has 1 aromatic carbocycles. The van der Waals surface area contributed by atoms with E-state index in [4.69, 9.17) is 9.47 Å². The normalized spacial score (nSPS) is 13.4. The number of benzene rings is 1. The molecule has 1 heterocycles. The molecular weight excluding hydrogens is 216 g/mol. The number of ether oxygens (including phenoxy) is 2.